The van der Waals surface area contributed by atoms with Crippen LogP contribution in [0.3, 0.4) is 0 Å². The van der Waals surface area contributed by atoms with E-state index < -0.39 is 0 Å². The molecule has 7 heteroatoms. The Bertz CT molecular complexity index is 878. The summed E-state index contributed by atoms with van der Waals surface area (Å²) in [5, 5.41) is 18.8. The number of carbonyl (C=O) groups is 1. The number of nitrogens with one attached hydrogen (secondary N) is 3. The van der Waals surface area contributed by atoms with E-state index in [0.29, 0.717) is 24.6 Å². The van der Waals surface area contributed by atoms with Crippen LogP contribution in [-0.2, 0) is 0 Å². The molecular weight excluding hydrogens is 368 g/mol. The molecule has 0 bridgehead atoms. The summed E-state index contributed by atoms with van der Waals surface area (Å²) in [4.78, 5) is 16.4. The summed E-state index contributed by atoms with van der Waals surface area (Å²) in [5.41, 5.74) is 1.34. The smallest absolute Gasteiger partial charge is 0.251 e. The molecule has 29 heavy (non-hydrogen) atoms. The molecule has 0 radical (unpaired) electrons. The lowest BCUT2D eigenvalue weighted by atomic mass is 9.90. The molecule has 0 saturated heterocycles. The number of para-hydroxylation sites is 1. The largest absolute Gasteiger partial charge is 0.508 e. The molecule has 1 heterocycles. The van der Waals surface area contributed by atoms with E-state index in [4.69, 9.17) is 4.74 Å². The van der Waals surface area contributed by atoms with Gasteiger partial charge in [0.2, 0.25) is 0 Å². The lowest BCUT2D eigenvalue weighted by Crippen LogP contribution is -2.46. The van der Waals surface area contributed by atoms with Gasteiger partial charge in [-0.25, -0.2) is 0 Å². The van der Waals surface area contributed by atoms with Gasteiger partial charge in [-0.3, -0.25) is 9.79 Å². The van der Waals surface area contributed by atoms with Crippen molar-refractivity contribution in [1.29, 1.82) is 0 Å². The van der Waals surface area contributed by atoms with Crippen molar-refractivity contribution >= 4 is 11.9 Å². The first-order chi connectivity index (χ1) is 13.9. The van der Waals surface area contributed by atoms with Crippen LogP contribution in [0, 0.1) is 0 Å². The van der Waals surface area contributed by atoms with Crippen LogP contribution < -0.4 is 20.7 Å². The van der Waals surface area contributed by atoms with E-state index in [1.807, 2.05) is 18.2 Å². The first-order valence-electron chi connectivity index (χ1n) is 9.70. The summed E-state index contributed by atoms with van der Waals surface area (Å²) in [5.74, 6) is 1.50. The monoisotopic (exact) mass is 396 g/mol. The maximum absolute atomic E-state index is 12.1. The summed E-state index contributed by atoms with van der Waals surface area (Å²) in [6.07, 6.45) is 0.808. The molecule has 4 N–H and O–H groups in total. The van der Waals surface area contributed by atoms with Gasteiger partial charge in [0.15, 0.2) is 5.96 Å². The van der Waals surface area contributed by atoms with Crippen LogP contribution in [0.4, 0.5) is 0 Å². The highest BCUT2D eigenvalue weighted by atomic mass is 16.5. The van der Waals surface area contributed by atoms with Crippen LogP contribution in [0.25, 0.3) is 0 Å². The maximum atomic E-state index is 12.1. The fourth-order valence-electron chi connectivity index (χ4n) is 3.36. The van der Waals surface area contributed by atoms with Gasteiger partial charge in [-0.15, -0.1) is 0 Å². The molecule has 7 nitrogen and oxygen atoms in total. The Morgan fingerprint density at radius 1 is 1.14 bits per heavy atom. The summed E-state index contributed by atoms with van der Waals surface area (Å²) in [6.45, 7) is 5.12. The van der Waals surface area contributed by atoms with E-state index in [-0.39, 0.29) is 23.3 Å². The van der Waals surface area contributed by atoms with Gasteiger partial charge >= 0.3 is 0 Å². The molecule has 0 aromatic heterocycles. The predicted octanol–water partition coefficient (Wildman–Crippen LogP) is 2.59. The molecule has 1 amide bonds. The molecule has 1 unspecified atom stereocenters. The zero-order valence-electron chi connectivity index (χ0n) is 17.0. The van der Waals surface area contributed by atoms with Gasteiger partial charge in [-0.1, -0.05) is 18.2 Å². The molecule has 0 spiro atoms. The predicted molar refractivity (Wildman–Crippen MR) is 113 cm³/mol. The van der Waals surface area contributed by atoms with Crippen molar-refractivity contribution in [1.82, 2.24) is 16.0 Å². The average molecular weight is 396 g/mol. The molecule has 1 aliphatic heterocycles. The van der Waals surface area contributed by atoms with Crippen LogP contribution in [0.1, 0.15) is 42.2 Å². The second-order valence-corrected chi connectivity index (χ2v) is 7.60. The Labute approximate surface area is 171 Å². The van der Waals surface area contributed by atoms with E-state index in [1.165, 1.54) is 12.1 Å². The van der Waals surface area contributed by atoms with Crippen molar-refractivity contribution in [2.24, 2.45) is 4.99 Å². The molecule has 2 aromatic carbocycles. The van der Waals surface area contributed by atoms with E-state index in [2.05, 4.69) is 40.9 Å². The van der Waals surface area contributed by atoms with Crippen LogP contribution in [-0.4, -0.2) is 42.7 Å². The number of aromatic hydroxyl groups is 1. The first kappa shape index (κ1) is 20.5. The number of carbonyl (C=O) groups excluding carboxylic acids is 1. The Balaban J connectivity index is 1.52. The Morgan fingerprint density at radius 2 is 1.83 bits per heavy atom. The minimum Gasteiger partial charge on any atom is -0.508 e. The summed E-state index contributed by atoms with van der Waals surface area (Å²) < 4.78 is 6.08. The molecule has 0 saturated carbocycles. The molecule has 0 fully saturated rings. The molecule has 3 rings (SSSR count). The van der Waals surface area contributed by atoms with E-state index in [1.54, 1.807) is 19.2 Å². The van der Waals surface area contributed by atoms with Gasteiger partial charge in [0.25, 0.3) is 5.91 Å². The van der Waals surface area contributed by atoms with Gasteiger partial charge in [-0.2, -0.15) is 0 Å². The van der Waals surface area contributed by atoms with E-state index in [0.717, 1.165) is 17.7 Å². The SMILES string of the molecule is CN=C(NCCNC(=O)c1ccc(O)cc1)NC1CC(C)(C)Oc2ccccc21. The Hall–Kier alpha value is -3.22. The second kappa shape index (κ2) is 8.86. The highest BCUT2D eigenvalue weighted by Crippen LogP contribution is 2.39. The molecule has 0 aliphatic carbocycles. The van der Waals surface area contributed by atoms with Gasteiger partial charge in [-0.05, 0) is 44.2 Å². The fourth-order valence-corrected chi connectivity index (χ4v) is 3.36. The zero-order chi connectivity index (χ0) is 20.9. The normalized spacial score (nSPS) is 17.6. The highest BCUT2D eigenvalue weighted by Gasteiger charge is 2.33. The van der Waals surface area contributed by atoms with Crippen molar-refractivity contribution in [2.45, 2.75) is 31.9 Å². The van der Waals surface area contributed by atoms with Crippen LogP contribution in [0.2, 0.25) is 0 Å². The fraction of sp³-hybridized carbons (Fsp3) is 0.364. The lowest BCUT2D eigenvalue weighted by Gasteiger charge is -2.38. The number of amides is 1. The molecule has 2 aromatic rings. The van der Waals surface area contributed by atoms with Crippen LogP contribution >= 0.6 is 0 Å². The third kappa shape index (κ3) is 5.40. The number of phenolic OH excluding ortho intramolecular Hbond substituents is 1. The number of rotatable bonds is 5. The van der Waals surface area contributed by atoms with E-state index in [9.17, 15) is 9.90 Å². The number of ether oxygens (including phenoxy) is 1. The number of hydrogen-bond acceptors (Lipinski definition) is 4. The number of phenols is 1. The standard InChI is InChI=1S/C22H28N4O3/c1-22(2)14-18(17-6-4-5-7-19(17)29-22)26-21(23-3)25-13-12-24-20(28)15-8-10-16(27)11-9-15/h4-11,18,27H,12-14H2,1-3H3,(H,24,28)(H2,23,25,26). The minimum absolute atomic E-state index is 0.0766. The quantitative estimate of drug-likeness (QED) is 0.354. The topological polar surface area (TPSA) is 95.0 Å². The lowest BCUT2D eigenvalue weighted by molar-refractivity contribution is 0.0694. The van der Waals surface area contributed by atoms with Gasteiger partial charge in [0.05, 0.1) is 6.04 Å². The van der Waals surface area contributed by atoms with Crippen molar-refractivity contribution in [3.05, 3.63) is 59.7 Å². The van der Waals surface area contributed by atoms with Crippen LogP contribution in [0.5, 0.6) is 11.5 Å². The average Bonchev–Trinajstić information content (AvgIpc) is 2.69. The molecule has 1 atom stereocenters. The minimum atomic E-state index is -0.275. The number of aliphatic imine (C=N–C) groups is 1. The zero-order valence-corrected chi connectivity index (χ0v) is 17.0. The van der Waals surface area contributed by atoms with Crippen molar-refractivity contribution in [2.75, 3.05) is 20.1 Å². The number of nitrogens with zero attached hydrogens (tertiary/aromatic N) is 1. The third-order valence-electron chi connectivity index (χ3n) is 4.74. The number of hydrogen-bond donors (Lipinski definition) is 4. The molecule has 154 valence electrons. The van der Waals surface area contributed by atoms with Crippen molar-refractivity contribution in [3.8, 4) is 11.5 Å². The van der Waals surface area contributed by atoms with Gasteiger partial charge in [0, 0.05) is 37.7 Å². The van der Waals surface area contributed by atoms with Crippen molar-refractivity contribution in [3.63, 3.8) is 0 Å². The third-order valence-corrected chi connectivity index (χ3v) is 4.74. The summed E-state index contributed by atoms with van der Waals surface area (Å²) in [6, 6.07) is 14.3. The number of guanidine groups is 1. The van der Waals surface area contributed by atoms with Gasteiger partial charge in [0.1, 0.15) is 17.1 Å². The highest BCUT2D eigenvalue weighted by molar-refractivity contribution is 5.94. The summed E-state index contributed by atoms with van der Waals surface area (Å²) >= 11 is 0. The second-order valence-electron chi connectivity index (χ2n) is 7.60. The maximum Gasteiger partial charge on any atom is 0.251 e. The molecular formula is C22H28N4O3. The Morgan fingerprint density at radius 3 is 2.55 bits per heavy atom. The van der Waals surface area contributed by atoms with E-state index >= 15 is 0 Å². The van der Waals surface area contributed by atoms with Crippen LogP contribution in [0.15, 0.2) is 53.5 Å². The first-order valence-corrected chi connectivity index (χ1v) is 9.70. The Kier molecular flexibility index (Phi) is 6.26. The molecule has 1 aliphatic rings. The van der Waals surface area contributed by atoms with Crippen molar-refractivity contribution < 1.29 is 14.6 Å². The van der Waals surface area contributed by atoms with Gasteiger partial charge < -0.3 is 25.8 Å². The number of benzene rings is 2. The number of fused-ring (bicyclic) bond motifs is 1. The summed E-state index contributed by atoms with van der Waals surface area (Å²) in [7, 11) is 1.72.